The maximum Gasteiger partial charge on any atom is 0.294 e. The summed E-state index contributed by atoms with van der Waals surface area (Å²) in [5.74, 6) is 0. The molecule has 1 aliphatic rings. The molecule has 2 aromatic carbocycles. The fourth-order valence-corrected chi connectivity index (χ4v) is 3.64. The van der Waals surface area contributed by atoms with Crippen LogP contribution >= 0.6 is 0 Å². The molecule has 1 atom stereocenters. The Labute approximate surface area is 183 Å². The average Bonchev–Trinajstić information content (AvgIpc) is 2.78. The van der Waals surface area contributed by atoms with Crippen molar-refractivity contribution in [2.45, 2.75) is 24.3 Å². The maximum absolute atomic E-state index is 12.7. The van der Waals surface area contributed by atoms with Crippen LogP contribution in [0.4, 0.5) is 11.4 Å². The SMILES string of the molecule is Cc1[nH]c2ccccc2c(=O)c1N=NC1=CCC(N=Nc2ccc(S(=O)(=O)O)cc2)C=C1. The summed E-state index contributed by atoms with van der Waals surface area (Å²) in [5.41, 5.74) is 2.57. The molecular formula is C22H19N5O4S. The summed E-state index contributed by atoms with van der Waals surface area (Å²) < 4.78 is 31.1. The lowest BCUT2D eigenvalue weighted by Gasteiger charge is -2.08. The molecule has 0 saturated carbocycles. The van der Waals surface area contributed by atoms with Crippen LogP contribution in [0.15, 0.2) is 103 Å². The van der Waals surface area contributed by atoms with Gasteiger partial charge in [0, 0.05) is 16.6 Å². The van der Waals surface area contributed by atoms with E-state index >= 15 is 0 Å². The number of fused-ring (bicyclic) bond motifs is 1. The molecule has 0 spiro atoms. The van der Waals surface area contributed by atoms with Crippen LogP contribution < -0.4 is 5.43 Å². The van der Waals surface area contributed by atoms with E-state index in [0.717, 1.165) is 5.52 Å². The van der Waals surface area contributed by atoms with Crippen molar-refractivity contribution in [3.05, 3.63) is 88.4 Å². The molecule has 0 radical (unpaired) electrons. The number of hydrogen-bond donors (Lipinski definition) is 2. The molecule has 1 unspecified atom stereocenters. The van der Waals surface area contributed by atoms with E-state index in [9.17, 15) is 13.2 Å². The number of nitrogens with one attached hydrogen (secondary N) is 1. The van der Waals surface area contributed by atoms with Crippen LogP contribution in [0.25, 0.3) is 10.9 Å². The Kier molecular flexibility index (Phi) is 5.89. The number of para-hydroxylation sites is 1. The van der Waals surface area contributed by atoms with Crippen molar-refractivity contribution in [2.75, 3.05) is 0 Å². The summed E-state index contributed by atoms with van der Waals surface area (Å²) >= 11 is 0. The van der Waals surface area contributed by atoms with E-state index in [-0.39, 0.29) is 22.1 Å². The van der Waals surface area contributed by atoms with E-state index in [2.05, 4.69) is 25.4 Å². The lowest BCUT2D eigenvalue weighted by molar-refractivity contribution is 0.483. The number of azo groups is 2. The Hall–Kier alpha value is -3.76. The van der Waals surface area contributed by atoms with Gasteiger partial charge in [0.05, 0.1) is 22.3 Å². The van der Waals surface area contributed by atoms with Crippen LogP contribution in [0.2, 0.25) is 0 Å². The molecule has 0 fully saturated rings. The molecule has 32 heavy (non-hydrogen) atoms. The van der Waals surface area contributed by atoms with Crippen LogP contribution in [-0.4, -0.2) is 24.0 Å². The van der Waals surface area contributed by atoms with Gasteiger partial charge in [-0.1, -0.05) is 24.3 Å². The van der Waals surface area contributed by atoms with Crippen LogP contribution in [0, 0.1) is 6.92 Å². The number of aromatic nitrogens is 1. The fourth-order valence-electron chi connectivity index (χ4n) is 3.16. The minimum atomic E-state index is -4.24. The van der Waals surface area contributed by atoms with E-state index in [1.807, 2.05) is 24.3 Å². The van der Waals surface area contributed by atoms with Gasteiger partial charge in [0.15, 0.2) is 5.69 Å². The van der Waals surface area contributed by atoms with Crippen molar-refractivity contribution in [2.24, 2.45) is 20.5 Å². The molecule has 0 saturated heterocycles. The maximum atomic E-state index is 12.7. The number of aryl methyl sites for hydroxylation is 1. The third-order valence-electron chi connectivity index (χ3n) is 4.84. The van der Waals surface area contributed by atoms with Gasteiger partial charge in [-0.3, -0.25) is 9.35 Å². The lowest BCUT2D eigenvalue weighted by atomic mass is 10.1. The molecule has 3 aromatic rings. The third kappa shape index (κ3) is 4.76. The minimum Gasteiger partial charge on any atom is -0.357 e. The smallest absolute Gasteiger partial charge is 0.294 e. The Bertz CT molecular complexity index is 1450. The predicted octanol–water partition coefficient (Wildman–Crippen LogP) is 5.16. The second-order valence-corrected chi connectivity index (χ2v) is 8.57. The van der Waals surface area contributed by atoms with Crippen molar-refractivity contribution >= 4 is 32.4 Å². The molecule has 1 heterocycles. The van der Waals surface area contributed by atoms with Gasteiger partial charge >= 0.3 is 0 Å². The highest BCUT2D eigenvalue weighted by Gasteiger charge is 2.11. The summed E-state index contributed by atoms with van der Waals surface area (Å²) in [6, 6.07) is 12.5. The molecule has 0 aliphatic heterocycles. The second kappa shape index (κ2) is 8.77. The van der Waals surface area contributed by atoms with Crippen molar-refractivity contribution in [1.29, 1.82) is 0 Å². The second-order valence-electron chi connectivity index (χ2n) is 7.15. The zero-order chi connectivity index (χ0) is 22.7. The third-order valence-corrected chi connectivity index (χ3v) is 5.71. The highest BCUT2D eigenvalue weighted by molar-refractivity contribution is 7.85. The molecule has 9 nitrogen and oxygen atoms in total. The van der Waals surface area contributed by atoms with Crippen molar-refractivity contribution in [3.63, 3.8) is 0 Å². The minimum absolute atomic E-state index is 0.173. The van der Waals surface area contributed by atoms with E-state index in [1.54, 1.807) is 25.1 Å². The number of H-pyrrole nitrogens is 1. The first-order valence-corrected chi connectivity index (χ1v) is 11.2. The first-order chi connectivity index (χ1) is 15.3. The van der Waals surface area contributed by atoms with E-state index in [0.29, 0.717) is 28.9 Å². The zero-order valence-corrected chi connectivity index (χ0v) is 17.8. The van der Waals surface area contributed by atoms with E-state index < -0.39 is 10.1 Å². The van der Waals surface area contributed by atoms with Crippen LogP contribution in [0.1, 0.15) is 12.1 Å². The molecule has 2 N–H and O–H groups in total. The first-order valence-electron chi connectivity index (χ1n) is 9.71. The molecule has 0 bridgehead atoms. The highest BCUT2D eigenvalue weighted by atomic mass is 32.2. The quantitative estimate of drug-likeness (QED) is 0.410. The number of nitrogens with zero attached hydrogens (tertiary/aromatic N) is 4. The number of rotatable bonds is 5. The average molecular weight is 449 g/mol. The van der Waals surface area contributed by atoms with Gasteiger partial charge < -0.3 is 4.98 Å². The van der Waals surface area contributed by atoms with Gasteiger partial charge in [0.1, 0.15) is 0 Å². The predicted molar refractivity (Wildman–Crippen MR) is 120 cm³/mol. The normalized spacial score (nSPS) is 16.8. The Morgan fingerprint density at radius 2 is 1.78 bits per heavy atom. The fraction of sp³-hybridized carbons (Fsp3) is 0.136. The molecular weight excluding hydrogens is 430 g/mol. The number of hydrogen-bond acceptors (Lipinski definition) is 7. The summed E-state index contributed by atoms with van der Waals surface area (Å²) in [7, 11) is -4.24. The van der Waals surface area contributed by atoms with E-state index in [1.165, 1.54) is 24.3 Å². The molecule has 0 amide bonds. The van der Waals surface area contributed by atoms with Crippen LogP contribution in [0.5, 0.6) is 0 Å². The highest BCUT2D eigenvalue weighted by Crippen LogP contribution is 2.22. The number of allylic oxidation sites excluding steroid dienone is 1. The topological polar surface area (TPSA) is 137 Å². The molecule has 10 heteroatoms. The summed E-state index contributed by atoms with van der Waals surface area (Å²) in [6.45, 7) is 1.78. The Morgan fingerprint density at radius 3 is 2.47 bits per heavy atom. The van der Waals surface area contributed by atoms with Gasteiger partial charge in [0.25, 0.3) is 10.1 Å². The largest absolute Gasteiger partial charge is 0.357 e. The van der Waals surface area contributed by atoms with Crippen molar-refractivity contribution in [1.82, 2.24) is 4.98 Å². The first kappa shape index (κ1) is 21.5. The number of aromatic amines is 1. The monoisotopic (exact) mass is 449 g/mol. The van der Waals surface area contributed by atoms with Crippen LogP contribution in [0.3, 0.4) is 0 Å². The standard InChI is InChI=1S/C22H19N5O4S/c1-14-21(22(28)19-4-2-3-5-20(19)23-14)27-26-16-8-6-15(7-9-16)24-25-17-10-12-18(13-11-17)32(29,30)31/h2-6,8-13,15H,7H2,1H3,(H,23,28)(H,29,30,31). The molecule has 1 aromatic heterocycles. The lowest BCUT2D eigenvalue weighted by Crippen LogP contribution is -2.05. The number of pyridine rings is 1. The van der Waals surface area contributed by atoms with Gasteiger partial charge in [0.2, 0.25) is 5.43 Å². The number of benzene rings is 2. The summed E-state index contributed by atoms with van der Waals surface area (Å²) in [6.07, 6.45) is 5.97. The van der Waals surface area contributed by atoms with Gasteiger partial charge in [-0.05, 0) is 55.8 Å². The molecule has 1 aliphatic carbocycles. The summed E-state index contributed by atoms with van der Waals surface area (Å²) in [4.78, 5) is 15.7. The summed E-state index contributed by atoms with van der Waals surface area (Å²) in [5, 5.41) is 17.2. The van der Waals surface area contributed by atoms with Crippen LogP contribution in [-0.2, 0) is 10.1 Å². The van der Waals surface area contributed by atoms with Crippen molar-refractivity contribution < 1.29 is 13.0 Å². The van der Waals surface area contributed by atoms with Crippen molar-refractivity contribution in [3.8, 4) is 0 Å². The van der Waals surface area contributed by atoms with Gasteiger partial charge in [-0.2, -0.15) is 23.8 Å². The molecule has 4 rings (SSSR count). The zero-order valence-electron chi connectivity index (χ0n) is 17.0. The van der Waals surface area contributed by atoms with Gasteiger partial charge in [-0.15, -0.1) is 5.11 Å². The molecule has 162 valence electrons. The van der Waals surface area contributed by atoms with E-state index in [4.69, 9.17) is 4.55 Å². The Morgan fingerprint density at radius 1 is 1.03 bits per heavy atom. The van der Waals surface area contributed by atoms with Gasteiger partial charge in [-0.25, -0.2) is 0 Å². The Balaban J connectivity index is 1.44.